The van der Waals surface area contributed by atoms with Crippen molar-refractivity contribution in [1.82, 2.24) is 24.7 Å². The zero-order chi connectivity index (χ0) is 26.7. The van der Waals surface area contributed by atoms with Crippen molar-refractivity contribution >= 4 is 27.3 Å². The smallest absolute Gasteiger partial charge is 0.243 e. The van der Waals surface area contributed by atoms with Gasteiger partial charge in [-0.05, 0) is 50.6 Å². The lowest BCUT2D eigenvalue weighted by atomic mass is 10.2. The number of thiophene rings is 1. The molecule has 2 unspecified atom stereocenters. The zero-order valence-electron chi connectivity index (χ0n) is 21.3. The summed E-state index contributed by atoms with van der Waals surface area (Å²) in [4.78, 5) is 10.4. The Labute approximate surface area is 219 Å². The fourth-order valence-electron chi connectivity index (χ4n) is 3.77. The van der Waals surface area contributed by atoms with Gasteiger partial charge in [0.25, 0.3) is 0 Å². The van der Waals surface area contributed by atoms with Gasteiger partial charge in [-0.15, -0.1) is 21.5 Å². The lowest BCUT2D eigenvalue weighted by Gasteiger charge is -2.22. The predicted molar refractivity (Wildman–Crippen MR) is 141 cm³/mol. The topological polar surface area (TPSA) is 130 Å². The molecule has 4 aromatic rings. The molecule has 0 aliphatic rings. The third-order valence-electron chi connectivity index (χ3n) is 5.71. The highest BCUT2D eigenvalue weighted by Crippen LogP contribution is 2.39. The van der Waals surface area contributed by atoms with E-state index in [2.05, 4.69) is 24.9 Å². The van der Waals surface area contributed by atoms with Crippen LogP contribution in [0.5, 0.6) is 11.5 Å². The van der Waals surface area contributed by atoms with E-state index in [-0.39, 0.29) is 11.8 Å². The average Bonchev–Trinajstić information content (AvgIpc) is 3.50. The van der Waals surface area contributed by atoms with Gasteiger partial charge in [-0.3, -0.25) is 9.29 Å². The minimum absolute atomic E-state index is 0.0321. The molecule has 0 bridgehead atoms. The van der Waals surface area contributed by atoms with Crippen LogP contribution >= 0.6 is 11.3 Å². The number of aromatic nitrogens is 5. The molecule has 0 aliphatic heterocycles. The molecule has 2 atom stereocenters. The summed E-state index contributed by atoms with van der Waals surface area (Å²) < 4.78 is 48.1. The summed E-state index contributed by atoms with van der Waals surface area (Å²) in [6.45, 7) is 5.34. The number of aryl methyl sites for hydroxylation is 2. The number of anilines is 1. The molecule has 196 valence electrons. The number of benzene rings is 1. The highest BCUT2D eigenvalue weighted by atomic mass is 32.2. The normalized spacial score (nSPS) is 13.2. The third-order valence-corrected chi connectivity index (χ3v) is 8.40. The standard InChI is InChI=1S/C24H28N6O5S2/c1-14-12-25-22(26-13-14)21(35-6)16(3)37(31,32)29-24-28-27-23(19-11-10-15(2)36-19)30(24)20-17(33-4)8-7-9-18(20)34-5/h7-13,16,21H,1-6H3,(H,28,29). The second-order valence-electron chi connectivity index (χ2n) is 8.23. The number of nitrogens with one attached hydrogen (secondary N) is 1. The molecular formula is C24H28N6O5S2. The van der Waals surface area contributed by atoms with Gasteiger partial charge in [-0.25, -0.2) is 18.4 Å². The Hall–Kier alpha value is -3.55. The van der Waals surface area contributed by atoms with E-state index in [4.69, 9.17) is 14.2 Å². The van der Waals surface area contributed by atoms with Crippen molar-refractivity contribution in [3.63, 3.8) is 0 Å². The molecule has 0 amide bonds. The Morgan fingerprint density at radius 1 is 0.973 bits per heavy atom. The van der Waals surface area contributed by atoms with Crippen molar-refractivity contribution < 1.29 is 22.6 Å². The van der Waals surface area contributed by atoms with Gasteiger partial charge in [-0.1, -0.05) is 6.07 Å². The van der Waals surface area contributed by atoms with Crippen molar-refractivity contribution in [2.75, 3.05) is 26.1 Å². The number of para-hydroxylation sites is 1. The van der Waals surface area contributed by atoms with E-state index in [1.54, 1.807) is 35.2 Å². The number of sulfonamides is 1. The van der Waals surface area contributed by atoms with Crippen LogP contribution in [-0.2, 0) is 14.8 Å². The molecule has 0 saturated heterocycles. The summed E-state index contributed by atoms with van der Waals surface area (Å²) in [7, 11) is 0.387. The SMILES string of the molecule is COc1cccc(OC)c1-n1c(NS(=O)(=O)C(C)C(OC)c2ncc(C)cn2)nnc1-c1ccc(C)s1. The van der Waals surface area contributed by atoms with Crippen LogP contribution in [0.1, 0.15) is 29.3 Å². The van der Waals surface area contributed by atoms with Crippen molar-refractivity contribution in [3.05, 3.63) is 59.0 Å². The molecule has 37 heavy (non-hydrogen) atoms. The number of hydrogen-bond acceptors (Lipinski definition) is 10. The molecule has 0 saturated carbocycles. The molecule has 1 aromatic carbocycles. The maximum atomic E-state index is 13.6. The van der Waals surface area contributed by atoms with Crippen LogP contribution in [0.2, 0.25) is 0 Å². The largest absolute Gasteiger partial charge is 0.494 e. The van der Waals surface area contributed by atoms with Gasteiger partial charge in [0.2, 0.25) is 16.0 Å². The van der Waals surface area contributed by atoms with E-state index >= 15 is 0 Å². The van der Waals surface area contributed by atoms with Crippen LogP contribution in [0.15, 0.2) is 42.7 Å². The van der Waals surface area contributed by atoms with E-state index in [1.807, 2.05) is 26.0 Å². The first-order valence-electron chi connectivity index (χ1n) is 11.3. The number of ether oxygens (including phenoxy) is 3. The molecule has 0 radical (unpaired) electrons. The summed E-state index contributed by atoms with van der Waals surface area (Å²) in [5.74, 6) is 1.55. The van der Waals surface area contributed by atoms with Crippen LogP contribution in [0.3, 0.4) is 0 Å². The monoisotopic (exact) mass is 544 g/mol. The summed E-state index contributed by atoms with van der Waals surface area (Å²) in [6.07, 6.45) is 2.30. The molecule has 0 aliphatic carbocycles. The number of methoxy groups -OCH3 is 3. The third kappa shape index (κ3) is 5.29. The Kier molecular flexibility index (Phi) is 7.76. The van der Waals surface area contributed by atoms with E-state index in [0.29, 0.717) is 23.0 Å². The molecule has 1 N–H and O–H groups in total. The molecule has 0 fully saturated rings. The second kappa shape index (κ2) is 10.8. The maximum Gasteiger partial charge on any atom is 0.243 e. The molecule has 11 nitrogen and oxygen atoms in total. The Balaban J connectivity index is 1.82. The molecule has 3 aromatic heterocycles. The van der Waals surface area contributed by atoms with Crippen molar-refractivity contribution in [2.45, 2.75) is 32.1 Å². The first kappa shape index (κ1) is 26.5. The van der Waals surface area contributed by atoms with Crippen LogP contribution < -0.4 is 14.2 Å². The molecule has 3 heterocycles. The zero-order valence-corrected chi connectivity index (χ0v) is 22.9. The van der Waals surface area contributed by atoms with E-state index < -0.39 is 21.4 Å². The van der Waals surface area contributed by atoms with Gasteiger partial charge in [0.05, 0.1) is 19.1 Å². The van der Waals surface area contributed by atoms with Gasteiger partial charge in [0.1, 0.15) is 28.5 Å². The van der Waals surface area contributed by atoms with Crippen LogP contribution in [0, 0.1) is 13.8 Å². The van der Waals surface area contributed by atoms with E-state index in [1.165, 1.54) is 39.6 Å². The summed E-state index contributed by atoms with van der Waals surface area (Å²) >= 11 is 1.50. The second-order valence-corrected chi connectivity index (χ2v) is 11.6. The number of rotatable bonds is 10. The van der Waals surface area contributed by atoms with Crippen LogP contribution in [0.25, 0.3) is 16.4 Å². The van der Waals surface area contributed by atoms with Gasteiger partial charge >= 0.3 is 0 Å². The number of nitrogens with zero attached hydrogens (tertiary/aromatic N) is 5. The van der Waals surface area contributed by atoms with Crippen molar-refractivity contribution in [1.29, 1.82) is 0 Å². The van der Waals surface area contributed by atoms with Gasteiger partial charge < -0.3 is 14.2 Å². The first-order chi connectivity index (χ1) is 17.7. The highest BCUT2D eigenvalue weighted by Gasteiger charge is 2.35. The quantitative estimate of drug-likeness (QED) is 0.315. The Bertz CT molecular complexity index is 1460. The molecule has 4 rings (SSSR count). The van der Waals surface area contributed by atoms with Crippen molar-refractivity contribution in [3.8, 4) is 27.9 Å². The molecule has 13 heteroatoms. The molecule has 0 spiro atoms. The maximum absolute atomic E-state index is 13.6. The predicted octanol–water partition coefficient (Wildman–Crippen LogP) is 3.94. The fourth-order valence-corrected chi connectivity index (χ4v) is 5.74. The van der Waals surface area contributed by atoms with Crippen molar-refractivity contribution in [2.24, 2.45) is 0 Å². The van der Waals surface area contributed by atoms with E-state index in [9.17, 15) is 8.42 Å². The summed E-state index contributed by atoms with van der Waals surface area (Å²) in [5.41, 5.74) is 1.30. The average molecular weight is 545 g/mol. The van der Waals surface area contributed by atoms with E-state index in [0.717, 1.165) is 15.3 Å². The Morgan fingerprint density at radius 2 is 1.62 bits per heavy atom. The van der Waals surface area contributed by atoms with Crippen LogP contribution in [0.4, 0.5) is 5.95 Å². The lowest BCUT2D eigenvalue weighted by Crippen LogP contribution is -2.33. The van der Waals surface area contributed by atoms with Gasteiger partial charge in [0.15, 0.2) is 11.6 Å². The van der Waals surface area contributed by atoms with Gasteiger partial charge in [0, 0.05) is 24.4 Å². The lowest BCUT2D eigenvalue weighted by molar-refractivity contribution is 0.0949. The first-order valence-corrected chi connectivity index (χ1v) is 13.6. The molecular weight excluding hydrogens is 516 g/mol. The fraction of sp³-hybridized carbons (Fsp3) is 0.333. The highest BCUT2D eigenvalue weighted by molar-refractivity contribution is 7.93. The van der Waals surface area contributed by atoms with Gasteiger partial charge in [-0.2, -0.15) is 0 Å². The summed E-state index contributed by atoms with van der Waals surface area (Å²) in [5, 5.41) is 7.47. The summed E-state index contributed by atoms with van der Waals surface area (Å²) in [6, 6.07) is 9.13. The Morgan fingerprint density at radius 3 is 2.16 bits per heavy atom. The minimum Gasteiger partial charge on any atom is -0.494 e. The number of hydrogen-bond donors (Lipinski definition) is 1. The van der Waals surface area contributed by atoms with Crippen LogP contribution in [-0.4, -0.2) is 59.7 Å². The minimum atomic E-state index is -4.07.